The van der Waals surface area contributed by atoms with Gasteiger partial charge in [-0.2, -0.15) is 0 Å². The third kappa shape index (κ3) is 3.69. The van der Waals surface area contributed by atoms with E-state index in [9.17, 15) is 9.90 Å². The van der Waals surface area contributed by atoms with Gasteiger partial charge in [-0.05, 0) is 58.7 Å². The number of rotatable bonds is 8. The molecule has 2 atom stereocenters. The number of carboxylic acids is 1. The lowest BCUT2D eigenvalue weighted by atomic mass is 9.90. The number of carbonyl (C=O) groups is 1. The normalized spacial score (nSPS) is 24.1. The molecule has 18 heavy (non-hydrogen) atoms. The first-order chi connectivity index (χ1) is 8.55. The average Bonchev–Trinajstić information content (AvgIpc) is 2.73. The molecule has 1 saturated heterocycles. The third-order valence-electron chi connectivity index (χ3n) is 4.27. The van der Waals surface area contributed by atoms with Crippen LogP contribution in [0.4, 0.5) is 0 Å². The summed E-state index contributed by atoms with van der Waals surface area (Å²) in [5, 5.41) is 12.6. The van der Waals surface area contributed by atoms with Crippen LogP contribution in [0.15, 0.2) is 0 Å². The molecule has 0 aromatic rings. The molecule has 0 amide bonds. The highest BCUT2D eigenvalue weighted by Crippen LogP contribution is 2.21. The Labute approximate surface area is 111 Å². The zero-order chi connectivity index (χ0) is 13.6. The average molecular weight is 256 g/mol. The van der Waals surface area contributed by atoms with E-state index in [0.717, 1.165) is 19.4 Å². The van der Waals surface area contributed by atoms with Gasteiger partial charge in [0.2, 0.25) is 0 Å². The summed E-state index contributed by atoms with van der Waals surface area (Å²) in [5.41, 5.74) is -0.724. The van der Waals surface area contributed by atoms with Crippen LogP contribution in [0.1, 0.15) is 52.9 Å². The van der Waals surface area contributed by atoms with Crippen molar-refractivity contribution in [2.24, 2.45) is 0 Å². The predicted molar refractivity (Wildman–Crippen MR) is 73.8 cm³/mol. The van der Waals surface area contributed by atoms with Gasteiger partial charge in [-0.25, -0.2) is 0 Å². The molecule has 1 heterocycles. The van der Waals surface area contributed by atoms with E-state index in [-0.39, 0.29) is 0 Å². The summed E-state index contributed by atoms with van der Waals surface area (Å²) in [7, 11) is 0. The highest BCUT2D eigenvalue weighted by atomic mass is 16.4. The largest absolute Gasteiger partial charge is 0.480 e. The van der Waals surface area contributed by atoms with Crippen LogP contribution >= 0.6 is 0 Å². The van der Waals surface area contributed by atoms with Crippen LogP contribution in [-0.2, 0) is 4.79 Å². The van der Waals surface area contributed by atoms with E-state index < -0.39 is 11.5 Å². The summed E-state index contributed by atoms with van der Waals surface area (Å²) in [6.45, 7) is 9.10. The SMILES string of the molecule is CCNC(CC)(CCCN1CCCC1C)C(=O)O. The zero-order valence-corrected chi connectivity index (χ0v) is 12.0. The maximum atomic E-state index is 11.5. The molecule has 0 aliphatic carbocycles. The monoisotopic (exact) mass is 256 g/mol. The van der Waals surface area contributed by atoms with Crippen molar-refractivity contribution < 1.29 is 9.90 Å². The minimum Gasteiger partial charge on any atom is -0.480 e. The van der Waals surface area contributed by atoms with Crippen molar-refractivity contribution in [3.8, 4) is 0 Å². The zero-order valence-electron chi connectivity index (χ0n) is 12.0. The van der Waals surface area contributed by atoms with E-state index in [0.29, 0.717) is 19.0 Å². The smallest absolute Gasteiger partial charge is 0.323 e. The van der Waals surface area contributed by atoms with Crippen molar-refractivity contribution in [1.82, 2.24) is 10.2 Å². The number of hydrogen-bond donors (Lipinski definition) is 2. The summed E-state index contributed by atoms with van der Waals surface area (Å²) in [4.78, 5) is 13.9. The van der Waals surface area contributed by atoms with Crippen LogP contribution in [0, 0.1) is 0 Å². The summed E-state index contributed by atoms with van der Waals surface area (Å²) in [6, 6.07) is 0.671. The molecule has 1 fully saturated rings. The van der Waals surface area contributed by atoms with Gasteiger partial charge in [0.05, 0.1) is 0 Å². The number of nitrogens with zero attached hydrogens (tertiary/aromatic N) is 1. The second-order valence-corrected chi connectivity index (χ2v) is 5.40. The second kappa shape index (κ2) is 7.10. The molecule has 106 valence electrons. The van der Waals surface area contributed by atoms with Crippen molar-refractivity contribution >= 4 is 5.97 Å². The highest BCUT2D eigenvalue weighted by Gasteiger charge is 2.35. The minimum atomic E-state index is -0.724. The van der Waals surface area contributed by atoms with Crippen LogP contribution in [0.25, 0.3) is 0 Å². The van der Waals surface area contributed by atoms with Gasteiger partial charge >= 0.3 is 5.97 Å². The lowest BCUT2D eigenvalue weighted by Gasteiger charge is -2.30. The van der Waals surface area contributed by atoms with Crippen LogP contribution in [-0.4, -0.2) is 47.2 Å². The van der Waals surface area contributed by atoms with Gasteiger partial charge in [0, 0.05) is 6.04 Å². The second-order valence-electron chi connectivity index (χ2n) is 5.40. The molecule has 2 N–H and O–H groups in total. The van der Waals surface area contributed by atoms with Crippen LogP contribution in [0.2, 0.25) is 0 Å². The van der Waals surface area contributed by atoms with E-state index in [4.69, 9.17) is 0 Å². The van der Waals surface area contributed by atoms with E-state index in [1.165, 1.54) is 19.4 Å². The number of aliphatic carboxylic acids is 1. The number of likely N-dealkylation sites (N-methyl/N-ethyl adjacent to an activating group) is 1. The minimum absolute atomic E-state index is 0.645. The summed E-state index contributed by atoms with van der Waals surface area (Å²) in [6.07, 6.45) is 4.89. The summed E-state index contributed by atoms with van der Waals surface area (Å²) in [5.74, 6) is -0.707. The lowest BCUT2D eigenvalue weighted by Crippen LogP contribution is -2.52. The fourth-order valence-corrected chi connectivity index (χ4v) is 2.97. The first kappa shape index (κ1) is 15.4. The Morgan fingerprint density at radius 1 is 1.50 bits per heavy atom. The Morgan fingerprint density at radius 3 is 2.67 bits per heavy atom. The highest BCUT2D eigenvalue weighted by molar-refractivity contribution is 5.78. The van der Waals surface area contributed by atoms with Gasteiger partial charge in [-0.15, -0.1) is 0 Å². The molecule has 4 heteroatoms. The van der Waals surface area contributed by atoms with E-state index >= 15 is 0 Å². The Hall–Kier alpha value is -0.610. The van der Waals surface area contributed by atoms with Crippen molar-refractivity contribution in [3.63, 3.8) is 0 Å². The molecule has 1 aliphatic rings. The molecular weight excluding hydrogens is 228 g/mol. The van der Waals surface area contributed by atoms with Gasteiger partial charge in [0.25, 0.3) is 0 Å². The topological polar surface area (TPSA) is 52.6 Å². The van der Waals surface area contributed by atoms with Crippen molar-refractivity contribution in [3.05, 3.63) is 0 Å². The van der Waals surface area contributed by atoms with E-state index in [1.54, 1.807) is 0 Å². The van der Waals surface area contributed by atoms with Gasteiger partial charge in [-0.1, -0.05) is 13.8 Å². The molecule has 0 bridgehead atoms. The molecule has 4 nitrogen and oxygen atoms in total. The molecule has 0 radical (unpaired) electrons. The Morgan fingerprint density at radius 2 is 2.22 bits per heavy atom. The fraction of sp³-hybridized carbons (Fsp3) is 0.929. The Bertz CT molecular complexity index is 271. The summed E-state index contributed by atoms with van der Waals surface area (Å²) < 4.78 is 0. The first-order valence-corrected chi connectivity index (χ1v) is 7.28. The molecule has 0 spiro atoms. The Balaban J connectivity index is 2.44. The maximum absolute atomic E-state index is 11.5. The predicted octanol–water partition coefficient (Wildman–Crippen LogP) is 2.09. The number of hydrogen-bond acceptors (Lipinski definition) is 3. The van der Waals surface area contributed by atoms with Gasteiger partial charge in [-0.3, -0.25) is 4.79 Å². The Kier molecular flexibility index (Phi) is 6.09. The molecule has 0 aromatic carbocycles. The van der Waals surface area contributed by atoms with Crippen molar-refractivity contribution in [2.45, 2.75) is 64.5 Å². The van der Waals surface area contributed by atoms with Crippen LogP contribution in [0.5, 0.6) is 0 Å². The quantitative estimate of drug-likeness (QED) is 0.698. The van der Waals surface area contributed by atoms with Gasteiger partial charge in [0.1, 0.15) is 5.54 Å². The molecule has 1 rings (SSSR count). The molecule has 0 saturated carbocycles. The van der Waals surface area contributed by atoms with Crippen LogP contribution in [0.3, 0.4) is 0 Å². The fourth-order valence-electron chi connectivity index (χ4n) is 2.97. The van der Waals surface area contributed by atoms with E-state index in [2.05, 4.69) is 17.1 Å². The first-order valence-electron chi connectivity index (χ1n) is 7.28. The number of nitrogens with one attached hydrogen (secondary N) is 1. The lowest BCUT2D eigenvalue weighted by molar-refractivity contribution is -0.145. The standard InChI is InChI=1S/C14H28N2O2/c1-4-14(13(17)18,15-5-2)9-7-11-16-10-6-8-12(16)3/h12,15H,4-11H2,1-3H3,(H,17,18). The molecule has 0 aromatic heterocycles. The number of likely N-dealkylation sites (tertiary alicyclic amines) is 1. The molecule has 2 unspecified atom stereocenters. The third-order valence-corrected chi connectivity index (χ3v) is 4.27. The summed E-state index contributed by atoms with van der Waals surface area (Å²) >= 11 is 0. The molecule has 1 aliphatic heterocycles. The van der Waals surface area contributed by atoms with Crippen molar-refractivity contribution in [1.29, 1.82) is 0 Å². The maximum Gasteiger partial charge on any atom is 0.323 e. The van der Waals surface area contributed by atoms with Crippen molar-refractivity contribution in [2.75, 3.05) is 19.6 Å². The molecular formula is C14H28N2O2. The number of carboxylic acid groups (broad SMARTS) is 1. The van der Waals surface area contributed by atoms with E-state index in [1.807, 2.05) is 13.8 Å². The van der Waals surface area contributed by atoms with Gasteiger partial charge in [0.15, 0.2) is 0 Å². The van der Waals surface area contributed by atoms with Gasteiger partial charge < -0.3 is 15.3 Å². The van der Waals surface area contributed by atoms with Crippen LogP contribution < -0.4 is 5.32 Å².